The molecule has 27 heavy (non-hydrogen) atoms. The van der Waals surface area contributed by atoms with Gasteiger partial charge in [-0.15, -0.1) is 0 Å². The minimum Gasteiger partial charge on any atom is -0.203 e. The maximum atomic E-state index is 14.6. The molecule has 1 aromatic rings. The highest BCUT2D eigenvalue weighted by atomic mass is 19.2. The monoisotopic (exact) mass is 376 g/mol. The van der Waals surface area contributed by atoms with E-state index in [2.05, 4.69) is 6.92 Å². The molecule has 0 saturated heterocycles. The summed E-state index contributed by atoms with van der Waals surface area (Å²) in [6.45, 7) is 4.29. The molecule has 0 N–H and O–H groups in total. The predicted octanol–water partition coefficient (Wildman–Crippen LogP) is 8.19. The summed E-state index contributed by atoms with van der Waals surface area (Å²) in [4.78, 5) is 0. The summed E-state index contributed by atoms with van der Waals surface area (Å²) in [5.41, 5.74) is 1.17. The maximum absolute atomic E-state index is 14.6. The number of hydrogen-bond acceptors (Lipinski definition) is 0. The van der Waals surface area contributed by atoms with Gasteiger partial charge in [-0.1, -0.05) is 64.5 Å². The van der Waals surface area contributed by atoms with E-state index in [0.717, 1.165) is 37.0 Å². The van der Waals surface area contributed by atoms with Crippen LogP contribution in [0.15, 0.2) is 12.1 Å². The first kappa shape index (κ1) is 20.8. The predicted molar refractivity (Wildman–Crippen MR) is 110 cm³/mol. The SMILES string of the molecule is CCCCC1CCC(C2CCC(c3ccc(CCC)c(F)c3F)CC2)CC1. The highest BCUT2D eigenvalue weighted by Gasteiger charge is 2.32. The van der Waals surface area contributed by atoms with E-state index in [1.807, 2.05) is 19.1 Å². The second-order valence-corrected chi connectivity index (χ2v) is 9.23. The van der Waals surface area contributed by atoms with Gasteiger partial charge in [0.1, 0.15) is 0 Å². The largest absolute Gasteiger partial charge is 0.203 e. The summed E-state index contributed by atoms with van der Waals surface area (Å²) in [6.07, 6.45) is 15.7. The van der Waals surface area contributed by atoms with Crippen LogP contribution in [0.4, 0.5) is 8.78 Å². The van der Waals surface area contributed by atoms with Gasteiger partial charge in [-0.05, 0) is 79.7 Å². The fourth-order valence-corrected chi connectivity index (χ4v) is 5.72. The molecule has 152 valence electrons. The smallest absolute Gasteiger partial charge is 0.162 e. The van der Waals surface area contributed by atoms with Gasteiger partial charge in [-0.25, -0.2) is 8.78 Å². The summed E-state index contributed by atoms with van der Waals surface area (Å²) < 4.78 is 28.9. The van der Waals surface area contributed by atoms with Crippen LogP contribution in [0.5, 0.6) is 0 Å². The third-order valence-electron chi connectivity index (χ3n) is 7.45. The van der Waals surface area contributed by atoms with Gasteiger partial charge in [0.25, 0.3) is 0 Å². The first-order chi connectivity index (χ1) is 13.1. The molecule has 0 aliphatic heterocycles. The average Bonchev–Trinajstić information content (AvgIpc) is 2.71. The van der Waals surface area contributed by atoms with Crippen LogP contribution in [0.3, 0.4) is 0 Å². The molecular formula is C25H38F2. The van der Waals surface area contributed by atoms with Crippen molar-refractivity contribution in [2.24, 2.45) is 17.8 Å². The van der Waals surface area contributed by atoms with Crippen LogP contribution in [0.2, 0.25) is 0 Å². The molecule has 0 unspecified atom stereocenters. The zero-order chi connectivity index (χ0) is 19.2. The molecule has 0 radical (unpaired) electrons. The number of unbranched alkanes of at least 4 members (excludes halogenated alkanes) is 1. The molecule has 0 amide bonds. The Morgan fingerprint density at radius 1 is 0.778 bits per heavy atom. The number of halogens is 2. The Bertz CT molecular complexity index is 578. The zero-order valence-corrected chi connectivity index (χ0v) is 17.4. The lowest BCUT2D eigenvalue weighted by Gasteiger charge is -2.38. The topological polar surface area (TPSA) is 0 Å². The third-order valence-corrected chi connectivity index (χ3v) is 7.45. The van der Waals surface area contributed by atoms with E-state index in [9.17, 15) is 8.78 Å². The molecule has 2 aliphatic carbocycles. The molecule has 0 spiro atoms. The van der Waals surface area contributed by atoms with E-state index in [4.69, 9.17) is 0 Å². The molecule has 3 rings (SSSR count). The molecule has 2 heteroatoms. The quantitative estimate of drug-likeness (QED) is 0.450. The second-order valence-electron chi connectivity index (χ2n) is 9.23. The van der Waals surface area contributed by atoms with Crippen LogP contribution < -0.4 is 0 Å². The lowest BCUT2D eigenvalue weighted by molar-refractivity contribution is 0.155. The Labute approximate surface area is 165 Å². The zero-order valence-electron chi connectivity index (χ0n) is 17.4. The van der Waals surface area contributed by atoms with Gasteiger partial charge in [-0.2, -0.15) is 0 Å². The van der Waals surface area contributed by atoms with E-state index >= 15 is 0 Å². The first-order valence-corrected chi connectivity index (χ1v) is 11.6. The van der Waals surface area contributed by atoms with Crippen LogP contribution in [-0.2, 0) is 6.42 Å². The minimum atomic E-state index is -0.595. The van der Waals surface area contributed by atoms with Crippen molar-refractivity contribution in [2.45, 2.75) is 103 Å². The molecule has 0 nitrogen and oxygen atoms in total. The van der Waals surface area contributed by atoms with Crippen molar-refractivity contribution >= 4 is 0 Å². The Hall–Kier alpha value is -0.920. The Morgan fingerprint density at radius 3 is 2.00 bits per heavy atom. The molecule has 2 saturated carbocycles. The molecule has 0 atom stereocenters. The lowest BCUT2D eigenvalue weighted by Crippen LogP contribution is -2.25. The average molecular weight is 377 g/mol. The molecule has 0 heterocycles. The van der Waals surface area contributed by atoms with Crippen molar-refractivity contribution in [3.8, 4) is 0 Å². The first-order valence-electron chi connectivity index (χ1n) is 11.6. The van der Waals surface area contributed by atoms with Gasteiger partial charge >= 0.3 is 0 Å². The number of aryl methyl sites for hydroxylation is 1. The van der Waals surface area contributed by atoms with E-state index in [-0.39, 0.29) is 5.92 Å². The van der Waals surface area contributed by atoms with Crippen molar-refractivity contribution in [1.29, 1.82) is 0 Å². The Kier molecular flexibility index (Phi) is 7.73. The summed E-state index contributed by atoms with van der Waals surface area (Å²) in [6, 6.07) is 3.69. The summed E-state index contributed by atoms with van der Waals surface area (Å²) in [5, 5.41) is 0. The fraction of sp³-hybridized carbons (Fsp3) is 0.760. The number of rotatable bonds is 7. The van der Waals surface area contributed by atoms with Crippen LogP contribution >= 0.6 is 0 Å². The van der Waals surface area contributed by atoms with E-state index in [1.54, 1.807) is 0 Å². The van der Waals surface area contributed by atoms with Crippen molar-refractivity contribution in [3.05, 3.63) is 34.9 Å². The Balaban J connectivity index is 1.52. The molecule has 2 aliphatic rings. The fourth-order valence-electron chi connectivity index (χ4n) is 5.72. The summed E-state index contributed by atoms with van der Waals surface area (Å²) in [7, 11) is 0. The van der Waals surface area contributed by atoms with Crippen molar-refractivity contribution < 1.29 is 8.78 Å². The Morgan fingerprint density at radius 2 is 1.41 bits per heavy atom. The van der Waals surface area contributed by atoms with Crippen molar-refractivity contribution in [2.75, 3.05) is 0 Å². The van der Waals surface area contributed by atoms with Gasteiger partial charge in [-0.3, -0.25) is 0 Å². The number of hydrogen-bond donors (Lipinski definition) is 0. The van der Waals surface area contributed by atoms with Crippen LogP contribution in [0, 0.1) is 29.4 Å². The van der Waals surface area contributed by atoms with Crippen LogP contribution in [0.25, 0.3) is 0 Å². The van der Waals surface area contributed by atoms with E-state index in [1.165, 1.54) is 57.8 Å². The van der Waals surface area contributed by atoms with Gasteiger partial charge in [0, 0.05) is 0 Å². The van der Waals surface area contributed by atoms with Gasteiger partial charge in [0.05, 0.1) is 0 Å². The summed E-state index contributed by atoms with van der Waals surface area (Å²) in [5.74, 6) is 1.73. The third kappa shape index (κ3) is 5.12. The van der Waals surface area contributed by atoms with Gasteiger partial charge in [0.15, 0.2) is 11.6 Å². The number of benzene rings is 1. The van der Waals surface area contributed by atoms with E-state index in [0.29, 0.717) is 17.5 Å². The maximum Gasteiger partial charge on any atom is 0.162 e. The van der Waals surface area contributed by atoms with Gasteiger partial charge < -0.3 is 0 Å². The van der Waals surface area contributed by atoms with Crippen LogP contribution in [-0.4, -0.2) is 0 Å². The van der Waals surface area contributed by atoms with Crippen molar-refractivity contribution in [1.82, 2.24) is 0 Å². The minimum absolute atomic E-state index is 0.215. The molecule has 0 bridgehead atoms. The second kappa shape index (κ2) is 10.0. The molecule has 2 fully saturated rings. The molecule has 0 aromatic heterocycles. The standard InChI is InChI=1S/C25H38F2/c1-3-5-7-18-8-10-19(11-9-18)20-12-14-21(15-13-20)23-17-16-22(6-4-2)24(26)25(23)27/h16-21H,3-15H2,1-2H3. The van der Waals surface area contributed by atoms with Crippen LogP contribution in [0.1, 0.15) is 108 Å². The highest BCUT2D eigenvalue weighted by Crippen LogP contribution is 2.45. The highest BCUT2D eigenvalue weighted by molar-refractivity contribution is 5.29. The van der Waals surface area contributed by atoms with Crippen molar-refractivity contribution in [3.63, 3.8) is 0 Å². The summed E-state index contributed by atoms with van der Waals surface area (Å²) >= 11 is 0. The van der Waals surface area contributed by atoms with Gasteiger partial charge in [0.2, 0.25) is 0 Å². The molecule has 1 aromatic carbocycles. The lowest BCUT2D eigenvalue weighted by atomic mass is 9.68. The normalized spacial score (nSPS) is 29.0. The van der Waals surface area contributed by atoms with E-state index < -0.39 is 11.6 Å². The molecular weight excluding hydrogens is 338 g/mol.